The summed E-state index contributed by atoms with van der Waals surface area (Å²) in [7, 11) is -3.68. The van der Waals surface area contributed by atoms with E-state index < -0.39 is 15.6 Å². The second-order valence-electron chi connectivity index (χ2n) is 5.84. The Labute approximate surface area is 127 Å². The molecule has 1 rings (SSSR count). The van der Waals surface area contributed by atoms with Crippen LogP contribution in [0.5, 0.6) is 0 Å². The molecule has 0 bridgehead atoms. The normalized spacial score (nSPS) is 20.6. The fourth-order valence-electron chi connectivity index (χ4n) is 2.91. The van der Waals surface area contributed by atoms with Crippen molar-refractivity contribution in [2.45, 2.75) is 39.5 Å². The van der Waals surface area contributed by atoms with Crippen molar-refractivity contribution in [3.05, 3.63) is 0 Å². The second kappa shape index (κ2) is 7.53. The molecule has 0 aromatic rings. The fraction of sp³-hybridized carbons (Fsp3) is 0.923. The standard InChI is InChI=1S/C13H28N4O3S/c1-3-13(4-2,10-14)12(18)17-7-5-6-11(9-17)8-16-21(15,19)20/h11,16H,3-10,14H2,1-2H3,(H2,15,19,20). The van der Waals surface area contributed by atoms with Crippen molar-refractivity contribution in [2.24, 2.45) is 22.2 Å². The molecule has 1 amide bonds. The first-order chi connectivity index (χ1) is 9.78. The Bertz CT molecular complexity index is 440. The van der Waals surface area contributed by atoms with Crippen molar-refractivity contribution in [2.75, 3.05) is 26.2 Å². The molecule has 0 aromatic heterocycles. The van der Waals surface area contributed by atoms with Crippen molar-refractivity contribution in [3.63, 3.8) is 0 Å². The number of nitrogens with zero attached hydrogens (tertiary/aromatic N) is 1. The Morgan fingerprint density at radius 2 is 2.00 bits per heavy atom. The highest BCUT2D eigenvalue weighted by molar-refractivity contribution is 7.87. The van der Waals surface area contributed by atoms with Gasteiger partial charge in [-0.1, -0.05) is 13.8 Å². The number of amides is 1. The van der Waals surface area contributed by atoms with Crippen LogP contribution in [0, 0.1) is 11.3 Å². The van der Waals surface area contributed by atoms with E-state index in [1.165, 1.54) is 0 Å². The molecule has 21 heavy (non-hydrogen) atoms. The van der Waals surface area contributed by atoms with Crippen LogP contribution in [0.4, 0.5) is 0 Å². The maximum Gasteiger partial charge on any atom is 0.274 e. The van der Waals surface area contributed by atoms with E-state index in [-0.39, 0.29) is 18.4 Å². The van der Waals surface area contributed by atoms with Crippen LogP contribution >= 0.6 is 0 Å². The largest absolute Gasteiger partial charge is 0.342 e. The summed E-state index contributed by atoms with van der Waals surface area (Å²) in [4.78, 5) is 14.6. The Kier molecular flexibility index (Phi) is 6.58. The van der Waals surface area contributed by atoms with Crippen molar-refractivity contribution in [1.29, 1.82) is 0 Å². The third-order valence-electron chi connectivity index (χ3n) is 4.58. The lowest BCUT2D eigenvalue weighted by Crippen LogP contribution is -2.52. The number of likely N-dealkylation sites (tertiary alicyclic amines) is 1. The number of rotatable bonds is 7. The highest BCUT2D eigenvalue weighted by atomic mass is 32.2. The Hall–Kier alpha value is -0.700. The molecule has 8 heteroatoms. The summed E-state index contributed by atoms with van der Waals surface area (Å²) in [5.41, 5.74) is 5.34. The summed E-state index contributed by atoms with van der Waals surface area (Å²) >= 11 is 0. The van der Waals surface area contributed by atoms with Crippen LogP contribution in [-0.2, 0) is 15.0 Å². The summed E-state index contributed by atoms with van der Waals surface area (Å²) < 4.78 is 24.2. The van der Waals surface area contributed by atoms with Crippen molar-refractivity contribution < 1.29 is 13.2 Å². The van der Waals surface area contributed by atoms with Gasteiger partial charge in [0.15, 0.2) is 0 Å². The quantitative estimate of drug-likeness (QED) is 0.601. The molecule has 1 atom stereocenters. The zero-order valence-corrected chi connectivity index (χ0v) is 13.8. The average Bonchev–Trinajstić information content (AvgIpc) is 2.47. The van der Waals surface area contributed by atoms with Crippen LogP contribution < -0.4 is 15.6 Å². The zero-order chi connectivity index (χ0) is 16.1. The van der Waals surface area contributed by atoms with Gasteiger partial charge in [-0.25, -0.2) is 9.86 Å². The van der Waals surface area contributed by atoms with E-state index in [1.807, 2.05) is 18.7 Å². The maximum absolute atomic E-state index is 12.7. The third-order valence-corrected chi connectivity index (χ3v) is 5.15. The van der Waals surface area contributed by atoms with E-state index in [4.69, 9.17) is 10.9 Å². The first kappa shape index (κ1) is 18.3. The predicted molar refractivity (Wildman–Crippen MR) is 82.5 cm³/mol. The Morgan fingerprint density at radius 3 is 2.48 bits per heavy atom. The number of hydrogen-bond acceptors (Lipinski definition) is 4. The van der Waals surface area contributed by atoms with Gasteiger partial charge in [-0.2, -0.15) is 8.42 Å². The molecule has 0 aromatic carbocycles. The Balaban J connectivity index is 2.69. The molecule has 5 N–H and O–H groups in total. The highest BCUT2D eigenvalue weighted by Crippen LogP contribution is 2.30. The van der Waals surface area contributed by atoms with Gasteiger partial charge in [0.1, 0.15) is 0 Å². The van der Waals surface area contributed by atoms with Gasteiger partial charge >= 0.3 is 0 Å². The molecule has 1 heterocycles. The third kappa shape index (κ3) is 4.91. The van der Waals surface area contributed by atoms with Crippen molar-refractivity contribution >= 4 is 16.1 Å². The van der Waals surface area contributed by atoms with Gasteiger partial charge in [-0.05, 0) is 31.6 Å². The number of carbonyl (C=O) groups is 1. The van der Waals surface area contributed by atoms with Crippen molar-refractivity contribution in [1.82, 2.24) is 9.62 Å². The van der Waals surface area contributed by atoms with Gasteiger partial charge < -0.3 is 10.6 Å². The Morgan fingerprint density at radius 1 is 1.38 bits per heavy atom. The van der Waals surface area contributed by atoms with Gasteiger partial charge in [0.25, 0.3) is 10.2 Å². The molecule has 0 radical (unpaired) electrons. The highest BCUT2D eigenvalue weighted by Gasteiger charge is 2.38. The maximum atomic E-state index is 12.7. The summed E-state index contributed by atoms with van der Waals surface area (Å²) in [6.45, 7) is 5.86. The van der Waals surface area contributed by atoms with Gasteiger partial charge in [-0.15, -0.1) is 0 Å². The minimum absolute atomic E-state index is 0.0929. The molecule has 0 aliphatic carbocycles. The molecule has 7 nitrogen and oxygen atoms in total. The number of hydrogen-bond donors (Lipinski definition) is 3. The SMILES string of the molecule is CCC(CC)(CN)C(=O)N1CCCC(CNS(N)(=O)=O)C1. The van der Waals surface area contributed by atoms with Gasteiger partial charge in [-0.3, -0.25) is 4.79 Å². The topological polar surface area (TPSA) is 119 Å². The number of nitrogens with one attached hydrogen (secondary N) is 1. The van der Waals surface area contributed by atoms with Crippen LogP contribution in [0.1, 0.15) is 39.5 Å². The summed E-state index contributed by atoms with van der Waals surface area (Å²) in [5.74, 6) is 0.195. The van der Waals surface area contributed by atoms with E-state index in [0.29, 0.717) is 19.6 Å². The molecular weight excluding hydrogens is 292 g/mol. The van der Waals surface area contributed by atoms with Crippen LogP contribution in [0.3, 0.4) is 0 Å². The molecule has 1 unspecified atom stereocenters. The molecule has 124 valence electrons. The van der Waals surface area contributed by atoms with Gasteiger partial charge in [0.2, 0.25) is 5.91 Å². The smallest absolute Gasteiger partial charge is 0.274 e. The van der Waals surface area contributed by atoms with E-state index in [9.17, 15) is 13.2 Å². The summed E-state index contributed by atoms with van der Waals surface area (Å²) in [6.07, 6.45) is 3.20. The predicted octanol–water partition coefficient (Wildman–Crippen LogP) is -0.217. The van der Waals surface area contributed by atoms with Crippen LogP contribution in [0.25, 0.3) is 0 Å². The van der Waals surface area contributed by atoms with E-state index >= 15 is 0 Å². The average molecular weight is 320 g/mol. The monoisotopic (exact) mass is 320 g/mol. The molecule has 0 spiro atoms. The minimum Gasteiger partial charge on any atom is -0.342 e. The first-order valence-corrected chi connectivity index (χ1v) is 9.09. The summed E-state index contributed by atoms with van der Waals surface area (Å²) in [6, 6.07) is 0. The molecule has 1 saturated heterocycles. The van der Waals surface area contributed by atoms with Gasteiger partial charge in [0, 0.05) is 26.2 Å². The van der Waals surface area contributed by atoms with Gasteiger partial charge in [0.05, 0.1) is 5.41 Å². The molecule has 1 fully saturated rings. The lowest BCUT2D eigenvalue weighted by Gasteiger charge is -2.39. The van der Waals surface area contributed by atoms with Crippen molar-refractivity contribution in [3.8, 4) is 0 Å². The van der Waals surface area contributed by atoms with Crippen LogP contribution in [0.15, 0.2) is 0 Å². The molecule has 0 saturated carbocycles. The number of piperidine rings is 1. The molecule has 1 aliphatic heterocycles. The summed E-state index contributed by atoms with van der Waals surface area (Å²) in [5, 5.41) is 4.94. The number of carbonyl (C=O) groups excluding carboxylic acids is 1. The first-order valence-electron chi connectivity index (χ1n) is 7.54. The minimum atomic E-state index is -3.68. The van der Waals surface area contributed by atoms with Crippen LogP contribution in [-0.4, -0.2) is 45.4 Å². The zero-order valence-electron chi connectivity index (χ0n) is 13.0. The van der Waals surface area contributed by atoms with E-state index in [2.05, 4.69) is 4.72 Å². The molecule has 1 aliphatic rings. The lowest BCUT2D eigenvalue weighted by atomic mass is 9.80. The molecular formula is C13H28N4O3S. The van der Waals surface area contributed by atoms with Crippen LogP contribution in [0.2, 0.25) is 0 Å². The second-order valence-corrected chi connectivity index (χ2v) is 7.22. The number of nitrogens with two attached hydrogens (primary N) is 2. The van der Waals surface area contributed by atoms with E-state index in [0.717, 1.165) is 25.7 Å². The fourth-order valence-corrected chi connectivity index (χ4v) is 3.38. The van der Waals surface area contributed by atoms with E-state index in [1.54, 1.807) is 0 Å². The lowest BCUT2D eigenvalue weighted by molar-refractivity contribution is -0.144.